The van der Waals surface area contributed by atoms with Crippen LogP contribution >= 0.6 is 11.6 Å². The van der Waals surface area contributed by atoms with Crippen molar-refractivity contribution in [2.45, 2.75) is 45.1 Å². The van der Waals surface area contributed by atoms with E-state index in [0.29, 0.717) is 6.04 Å². The van der Waals surface area contributed by atoms with Crippen molar-refractivity contribution in [1.29, 1.82) is 0 Å². The molecule has 0 radical (unpaired) electrons. The van der Waals surface area contributed by atoms with E-state index in [2.05, 4.69) is 30.4 Å². The Labute approximate surface area is 110 Å². The highest BCUT2D eigenvalue weighted by molar-refractivity contribution is 6.30. The second-order valence-electron chi connectivity index (χ2n) is 5.04. The fourth-order valence-electron chi connectivity index (χ4n) is 2.95. The van der Waals surface area contributed by atoms with Crippen LogP contribution in [0.4, 0.5) is 0 Å². The number of benzene rings is 1. The molecular weight excluding hydrogens is 230 g/mol. The maximum absolute atomic E-state index is 6.04. The van der Waals surface area contributed by atoms with Gasteiger partial charge in [0.05, 0.1) is 0 Å². The van der Waals surface area contributed by atoms with Crippen LogP contribution in [0.25, 0.3) is 0 Å². The molecule has 2 rings (SSSR count). The molecule has 1 aliphatic rings. The van der Waals surface area contributed by atoms with Gasteiger partial charge in [-0.25, -0.2) is 0 Å². The summed E-state index contributed by atoms with van der Waals surface area (Å²) in [6, 6.07) is 8.91. The number of likely N-dealkylation sites (N-methyl/N-ethyl adjacent to an activating group) is 1. The van der Waals surface area contributed by atoms with E-state index >= 15 is 0 Å². The van der Waals surface area contributed by atoms with E-state index in [9.17, 15) is 0 Å². The van der Waals surface area contributed by atoms with Crippen molar-refractivity contribution in [3.63, 3.8) is 0 Å². The van der Waals surface area contributed by atoms with Gasteiger partial charge in [-0.1, -0.05) is 43.5 Å². The van der Waals surface area contributed by atoms with Crippen LogP contribution in [0.5, 0.6) is 0 Å². The lowest BCUT2D eigenvalue weighted by Crippen LogP contribution is -2.36. The van der Waals surface area contributed by atoms with Crippen molar-refractivity contribution in [3.05, 3.63) is 34.9 Å². The predicted octanol–water partition coefficient (Wildman–Crippen LogP) is 4.05. The summed E-state index contributed by atoms with van der Waals surface area (Å²) in [4.78, 5) is 0. The molecular formula is C15H22ClN. The van der Waals surface area contributed by atoms with Gasteiger partial charge in [-0.3, -0.25) is 0 Å². The van der Waals surface area contributed by atoms with E-state index in [1.54, 1.807) is 0 Å². The summed E-state index contributed by atoms with van der Waals surface area (Å²) in [6.45, 7) is 3.25. The van der Waals surface area contributed by atoms with Gasteiger partial charge in [0.1, 0.15) is 0 Å². The summed E-state index contributed by atoms with van der Waals surface area (Å²) in [6.07, 6.45) is 6.69. The highest BCUT2D eigenvalue weighted by Gasteiger charge is 2.24. The first-order valence-electron chi connectivity index (χ1n) is 6.77. The summed E-state index contributed by atoms with van der Waals surface area (Å²) in [5.41, 5.74) is 1.36. The minimum atomic E-state index is 0.626. The Hall–Kier alpha value is -0.530. The molecule has 17 heavy (non-hydrogen) atoms. The van der Waals surface area contributed by atoms with Crippen LogP contribution in [0, 0.1) is 5.92 Å². The summed E-state index contributed by atoms with van der Waals surface area (Å²) >= 11 is 6.04. The Morgan fingerprint density at radius 1 is 1.35 bits per heavy atom. The zero-order chi connectivity index (χ0) is 12.1. The summed E-state index contributed by atoms with van der Waals surface area (Å²) in [5, 5.41) is 4.50. The van der Waals surface area contributed by atoms with Gasteiger partial charge in [0.25, 0.3) is 0 Å². The van der Waals surface area contributed by atoms with E-state index in [1.807, 2.05) is 6.07 Å². The van der Waals surface area contributed by atoms with Gasteiger partial charge in [0.2, 0.25) is 0 Å². The Bertz CT molecular complexity index is 345. The number of halogens is 1. The zero-order valence-corrected chi connectivity index (χ0v) is 11.3. The van der Waals surface area contributed by atoms with Crippen LogP contribution in [0.2, 0.25) is 5.02 Å². The maximum atomic E-state index is 6.04. The normalized spacial score (nSPS) is 18.5. The fraction of sp³-hybridized carbons (Fsp3) is 0.600. The second kappa shape index (κ2) is 6.42. The van der Waals surface area contributed by atoms with E-state index in [1.165, 1.54) is 31.2 Å². The van der Waals surface area contributed by atoms with Gasteiger partial charge in [-0.15, -0.1) is 0 Å². The van der Waals surface area contributed by atoms with Gasteiger partial charge in [-0.2, -0.15) is 0 Å². The van der Waals surface area contributed by atoms with E-state index in [4.69, 9.17) is 11.6 Å². The molecule has 1 aromatic rings. The van der Waals surface area contributed by atoms with Gasteiger partial charge >= 0.3 is 0 Å². The Morgan fingerprint density at radius 2 is 2.12 bits per heavy atom. The highest BCUT2D eigenvalue weighted by Crippen LogP contribution is 2.29. The second-order valence-corrected chi connectivity index (χ2v) is 5.48. The molecule has 0 spiro atoms. The zero-order valence-electron chi connectivity index (χ0n) is 10.6. The van der Waals surface area contributed by atoms with Crippen LogP contribution in [0.3, 0.4) is 0 Å². The first-order chi connectivity index (χ1) is 8.29. The third-order valence-electron chi connectivity index (χ3n) is 3.78. The highest BCUT2D eigenvalue weighted by atomic mass is 35.5. The van der Waals surface area contributed by atoms with E-state index in [-0.39, 0.29) is 0 Å². The quantitative estimate of drug-likeness (QED) is 0.833. The van der Waals surface area contributed by atoms with Gasteiger partial charge in [-0.05, 0) is 49.4 Å². The van der Waals surface area contributed by atoms with Crippen molar-refractivity contribution in [3.8, 4) is 0 Å². The fourth-order valence-corrected chi connectivity index (χ4v) is 3.16. The van der Waals surface area contributed by atoms with Crippen LogP contribution in [-0.2, 0) is 6.42 Å². The summed E-state index contributed by atoms with van der Waals surface area (Å²) < 4.78 is 0. The van der Waals surface area contributed by atoms with E-state index < -0.39 is 0 Å². The molecule has 1 nitrogen and oxygen atoms in total. The molecule has 0 heterocycles. The van der Waals surface area contributed by atoms with Crippen LogP contribution < -0.4 is 5.32 Å². The van der Waals surface area contributed by atoms with Crippen LogP contribution in [-0.4, -0.2) is 12.6 Å². The van der Waals surface area contributed by atoms with Crippen LogP contribution in [0.1, 0.15) is 38.2 Å². The first kappa shape index (κ1) is 12.9. The largest absolute Gasteiger partial charge is 0.314 e. The molecule has 1 aromatic carbocycles. The van der Waals surface area contributed by atoms with Crippen molar-refractivity contribution >= 4 is 11.6 Å². The molecule has 1 unspecified atom stereocenters. The molecule has 0 saturated heterocycles. The van der Waals surface area contributed by atoms with Crippen molar-refractivity contribution in [1.82, 2.24) is 5.32 Å². The molecule has 1 fully saturated rings. The summed E-state index contributed by atoms with van der Waals surface area (Å²) in [7, 11) is 0. The Kier molecular flexibility index (Phi) is 4.87. The van der Waals surface area contributed by atoms with Gasteiger partial charge in [0.15, 0.2) is 0 Å². The molecule has 2 heteroatoms. The predicted molar refractivity (Wildman–Crippen MR) is 74.6 cm³/mol. The Morgan fingerprint density at radius 3 is 2.76 bits per heavy atom. The average molecular weight is 252 g/mol. The lowest BCUT2D eigenvalue weighted by Gasteiger charge is -2.24. The number of nitrogens with one attached hydrogen (secondary N) is 1. The molecule has 1 aliphatic carbocycles. The van der Waals surface area contributed by atoms with Crippen molar-refractivity contribution < 1.29 is 0 Å². The molecule has 0 aliphatic heterocycles. The molecule has 1 atom stereocenters. The third kappa shape index (κ3) is 3.72. The van der Waals surface area contributed by atoms with Gasteiger partial charge in [0, 0.05) is 11.1 Å². The minimum Gasteiger partial charge on any atom is -0.314 e. The monoisotopic (exact) mass is 251 g/mol. The third-order valence-corrected chi connectivity index (χ3v) is 4.01. The van der Waals surface area contributed by atoms with Crippen LogP contribution in [0.15, 0.2) is 24.3 Å². The van der Waals surface area contributed by atoms with Gasteiger partial charge < -0.3 is 5.32 Å². The lowest BCUT2D eigenvalue weighted by molar-refractivity contribution is 0.362. The Balaban J connectivity index is 2.01. The minimum absolute atomic E-state index is 0.626. The number of hydrogen-bond donors (Lipinski definition) is 1. The maximum Gasteiger partial charge on any atom is 0.0408 e. The van der Waals surface area contributed by atoms with Crippen molar-refractivity contribution in [2.24, 2.45) is 5.92 Å². The molecule has 0 aromatic heterocycles. The molecule has 1 N–H and O–H groups in total. The first-order valence-corrected chi connectivity index (χ1v) is 7.15. The summed E-state index contributed by atoms with van der Waals surface area (Å²) in [5.74, 6) is 0.855. The lowest BCUT2D eigenvalue weighted by atomic mass is 9.92. The number of rotatable bonds is 5. The SMILES string of the molecule is CCNC(Cc1cccc(Cl)c1)C1CCCC1. The molecule has 94 valence electrons. The smallest absolute Gasteiger partial charge is 0.0408 e. The molecule has 0 bridgehead atoms. The average Bonchev–Trinajstić information content (AvgIpc) is 2.82. The molecule has 0 amide bonds. The van der Waals surface area contributed by atoms with E-state index in [0.717, 1.165) is 23.9 Å². The number of hydrogen-bond acceptors (Lipinski definition) is 1. The standard InChI is InChI=1S/C15H22ClN/c1-2-17-15(13-7-3-4-8-13)11-12-6-5-9-14(16)10-12/h5-6,9-10,13,15,17H,2-4,7-8,11H2,1H3. The topological polar surface area (TPSA) is 12.0 Å². The van der Waals surface area contributed by atoms with Crippen molar-refractivity contribution in [2.75, 3.05) is 6.54 Å². The molecule has 1 saturated carbocycles.